The van der Waals surface area contributed by atoms with Crippen molar-refractivity contribution in [3.63, 3.8) is 0 Å². The lowest BCUT2D eigenvalue weighted by atomic mass is 10.1. The van der Waals surface area contributed by atoms with Gasteiger partial charge in [-0.25, -0.2) is 0 Å². The lowest BCUT2D eigenvalue weighted by molar-refractivity contribution is 1.41. The predicted octanol–water partition coefficient (Wildman–Crippen LogP) is 4.79. The maximum absolute atomic E-state index is 6.03. The fraction of sp³-hybridized carbons (Fsp3) is 0.0714. The third kappa shape index (κ3) is 3.47. The molecule has 0 amide bonds. The lowest BCUT2D eigenvalue weighted by Crippen LogP contribution is -2.12. The molecule has 98 valence electrons. The van der Waals surface area contributed by atoms with Crippen LogP contribution in [0.4, 0.5) is 11.4 Å². The molecule has 0 saturated carbocycles. The molecule has 0 bridgehead atoms. The fourth-order valence-electron chi connectivity index (χ4n) is 1.71. The Morgan fingerprint density at radius 2 is 1.95 bits per heavy atom. The van der Waals surface area contributed by atoms with Crippen molar-refractivity contribution in [1.29, 1.82) is 0 Å². The van der Waals surface area contributed by atoms with Crippen LogP contribution < -0.4 is 11.1 Å². The molecule has 0 spiro atoms. The van der Waals surface area contributed by atoms with E-state index in [0.29, 0.717) is 10.0 Å². The first kappa shape index (κ1) is 14.3. The van der Waals surface area contributed by atoms with E-state index in [1.54, 1.807) is 6.07 Å². The van der Waals surface area contributed by atoms with Gasteiger partial charge >= 0.3 is 0 Å². The van der Waals surface area contributed by atoms with Crippen molar-refractivity contribution in [2.75, 3.05) is 5.32 Å². The molecule has 0 fully saturated rings. The minimum atomic E-state index is 0.340. The monoisotopic (exact) mass is 354 g/mol. The number of nitrogens with one attached hydrogen (secondary N) is 1. The Labute approximate surface area is 131 Å². The molecule has 0 radical (unpaired) electrons. The van der Waals surface area contributed by atoms with Crippen molar-refractivity contribution < 1.29 is 0 Å². The molecule has 2 aromatic rings. The number of aryl methyl sites for hydroxylation is 1. The van der Waals surface area contributed by atoms with E-state index in [9.17, 15) is 0 Å². The first-order valence-corrected chi connectivity index (χ1v) is 7.18. The van der Waals surface area contributed by atoms with E-state index < -0.39 is 0 Å². The van der Waals surface area contributed by atoms with Crippen LogP contribution in [0.25, 0.3) is 0 Å². The molecule has 2 nitrogen and oxygen atoms in total. The molecule has 19 heavy (non-hydrogen) atoms. The van der Waals surface area contributed by atoms with Crippen LogP contribution in [0.2, 0.25) is 5.02 Å². The second-order valence-corrected chi connectivity index (χ2v) is 5.93. The lowest BCUT2D eigenvalue weighted by Gasteiger charge is -2.14. The molecule has 0 unspecified atom stereocenters. The molecule has 0 aromatic heterocycles. The van der Waals surface area contributed by atoms with Crippen LogP contribution >= 0.6 is 39.7 Å². The van der Waals surface area contributed by atoms with Crippen molar-refractivity contribution in [2.45, 2.75) is 6.92 Å². The van der Waals surface area contributed by atoms with Gasteiger partial charge in [-0.1, -0.05) is 45.8 Å². The third-order valence-corrected chi connectivity index (χ3v) is 3.66. The minimum Gasteiger partial charge on any atom is -0.389 e. The summed E-state index contributed by atoms with van der Waals surface area (Å²) in [5.41, 5.74) is 9.41. The average Bonchev–Trinajstić information content (AvgIpc) is 2.33. The van der Waals surface area contributed by atoms with Gasteiger partial charge in [0.15, 0.2) is 0 Å². The Morgan fingerprint density at radius 1 is 1.21 bits per heavy atom. The van der Waals surface area contributed by atoms with Gasteiger partial charge in [-0.05, 0) is 42.8 Å². The van der Waals surface area contributed by atoms with Gasteiger partial charge in [-0.15, -0.1) is 0 Å². The molecule has 0 aliphatic rings. The maximum Gasteiger partial charge on any atom is 0.106 e. The predicted molar refractivity (Wildman–Crippen MR) is 89.5 cm³/mol. The molecule has 0 atom stereocenters. The molecular weight excluding hydrogens is 344 g/mol. The van der Waals surface area contributed by atoms with Crippen LogP contribution in [0, 0.1) is 6.92 Å². The van der Waals surface area contributed by atoms with Gasteiger partial charge in [0.1, 0.15) is 4.99 Å². The molecule has 2 aromatic carbocycles. The van der Waals surface area contributed by atoms with Gasteiger partial charge in [0, 0.05) is 20.7 Å². The van der Waals surface area contributed by atoms with E-state index >= 15 is 0 Å². The quantitative estimate of drug-likeness (QED) is 0.778. The second kappa shape index (κ2) is 5.90. The summed E-state index contributed by atoms with van der Waals surface area (Å²) in [7, 11) is 0. The Balaban J connectivity index is 2.45. The molecule has 5 heteroatoms. The van der Waals surface area contributed by atoms with Crippen molar-refractivity contribution in [3.05, 3.63) is 57.0 Å². The number of halogens is 2. The van der Waals surface area contributed by atoms with Crippen molar-refractivity contribution in [3.8, 4) is 0 Å². The highest BCUT2D eigenvalue weighted by Crippen LogP contribution is 2.28. The molecular formula is C14H12BrClN2S. The summed E-state index contributed by atoms with van der Waals surface area (Å²) in [4.78, 5) is 0.340. The summed E-state index contributed by atoms with van der Waals surface area (Å²) in [6, 6.07) is 11.4. The van der Waals surface area contributed by atoms with E-state index in [1.807, 2.05) is 37.3 Å². The first-order valence-electron chi connectivity index (χ1n) is 5.60. The Morgan fingerprint density at radius 3 is 2.63 bits per heavy atom. The van der Waals surface area contributed by atoms with Crippen molar-refractivity contribution in [2.24, 2.45) is 5.73 Å². The minimum absolute atomic E-state index is 0.340. The van der Waals surface area contributed by atoms with E-state index in [2.05, 4.69) is 21.2 Å². The van der Waals surface area contributed by atoms with E-state index in [0.717, 1.165) is 27.0 Å². The van der Waals surface area contributed by atoms with Gasteiger partial charge < -0.3 is 11.1 Å². The average molecular weight is 356 g/mol. The topological polar surface area (TPSA) is 38.0 Å². The molecule has 0 heterocycles. The normalized spacial score (nSPS) is 10.3. The van der Waals surface area contributed by atoms with Gasteiger partial charge in [0.05, 0.1) is 5.69 Å². The maximum atomic E-state index is 6.03. The standard InChI is InChI=1S/C14H12BrClN2S/c1-8-2-3-9(15)6-12(8)18-13-7-10(16)4-5-11(13)14(17)19/h2-7,18H,1H3,(H2,17,19). The summed E-state index contributed by atoms with van der Waals surface area (Å²) in [6.45, 7) is 2.03. The zero-order valence-corrected chi connectivity index (χ0v) is 13.4. The number of hydrogen-bond donors (Lipinski definition) is 2. The molecule has 3 N–H and O–H groups in total. The molecule has 0 aliphatic heterocycles. The Hall–Kier alpha value is -1.10. The number of hydrogen-bond acceptors (Lipinski definition) is 2. The summed E-state index contributed by atoms with van der Waals surface area (Å²) in [5, 5.41) is 3.96. The van der Waals surface area contributed by atoms with Crippen LogP contribution in [0.5, 0.6) is 0 Å². The third-order valence-electron chi connectivity index (χ3n) is 2.72. The SMILES string of the molecule is Cc1ccc(Br)cc1Nc1cc(Cl)ccc1C(N)=S. The highest BCUT2D eigenvalue weighted by Gasteiger charge is 2.08. The first-order chi connectivity index (χ1) is 8.97. The van der Waals surface area contributed by atoms with Crippen LogP contribution in [0.1, 0.15) is 11.1 Å². The zero-order valence-electron chi connectivity index (χ0n) is 10.2. The Kier molecular flexibility index (Phi) is 4.45. The van der Waals surface area contributed by atoms with E-state index in [1.165, 1.54) is 0 Å². The van der Waals surface area contributed by atoms with Gasteiger partial charge in [0.25, 0.3) is 0 Å². The second-order valence-electron chi connectivity index (χ2n) is 4.14. The summed E-state index contributed by atoms with van der Waals surface area (Å²) in [5.74, 6) is 0. The molecule has 0 saturated heterocycles. The number of rotatable bonds is 3. The highest BCUT2D eigenvalue weighted by molar-refractivity contribution is 9.10. The number of thiocarbonyl (C=S) groups is 1. The van der Waals surface area contributed by atoms with Crippen LogP contribution in [-0.4, -0.2) is 4.99 Å². The number of benzene rings is 2. The van der Waals surface area contributed by atoms with E-state index in [4.69, 9.17) is 29.6 Å². The van der Waals surface area contributed by atoms with Crippen LogP contribution in [0.15, 0.2) is 40.9 Å². The van der Waals surface area contributed by atoms with E-state index in [-0.39, 0.29) is 0 Å². The summed E-state index contributed by atoms with van der Waals surface area (Å²) < 4.78 is 1.000. The fourth-order valence-corrected chi connectivity index (χ4v) is 2.42. The Bertz CT molecular complexity index is 643. The van der Waals surface area contributed by atoms with Gasteiger partial charge in [-0.2, -0.15) is 0 Å². The molecule has 0 aliphatic carbocycles. The summed E-state index contributed by atoms with van der Waals surface area (Å²) >= 11 is 14.5. The van der Waals surface area contributed by atoms with Crippen LogP contribution in [0.3, 0.4) is 0 Å². The van der Waals surface area contributed by atoms with Crippen molar-refractivity contribution >= 4 is 56.1 Å². The number of nitrogens with two attached hydrogens (primary N) is 1. The van der Waals surface area contributed by atoms with Crippen molar-refractivity contribution in [1.82, 2.24) is 0 Å². The van der Waals surface area contributed by atoms with Gasteiger partial charge in [0.2, 0.25) is 0 Å². The van der Waals surface area contributed by atoms with Crippen LogP contribution in [-0.2, 0) is 0 Å². The van der Waals surface area contributed by atoms with Gasteiger partial charge in [-0.3, -0.25) is 0 Å². The number of anilines is 2. The molecule has 2 rings (SSSR count). The largest absolute Gasteiger partial charge is 0.389 e. The highest BCUT2D eigenvalue weighted by atomic mass is 79.9. The smallest absolute Gasteiger partial charge is 0.106 e. The zero-order chi connectivity index (χ0) is 14.0. The summed E-state index contributed by atoms with van der Waals surface area (Å²) in [6.07, 6.45) is 0.